The van der Waals surface area contributed by atoms with Crippen LogP contribution < -0.4 is 4.74 Å². The molecule has 1 aromatic carbocycles. The number of benzene rings is 1. The van der Waals surface area contributed by atoms with E-state index in [2.05, 4.69) is 15.9 Å². The molecule has 0 radical (unpaired) electrons. The molecule has 0 aromatic heterocycles. The third kappa shape index (κ3) is 2.56. The fourth-order valence-electron chi connectivity index (χ4n) is 1.05. The van der Waals surface area contributed by atoms with Gasteiger partial charge in [0.1, 0.15) is 5.75 Å². The van der Waals surface area contributed by atoms with Crippen molar-refractivity contribution < 1.29 is 9.53 Å². The second kappa shape index (κ2) is 5.02. The maximum absolute atomic E-state index is 11.4. The van der Waals surface area contributed by atoms with E-state index in [0.29, 0.717) is 23.2 Å². The number of alkyl halides is 1. The first-order valence-corrected chi connectivity index (χ1v) is 5.22. The van der Waals surface area contributed by atoms with E-state index in [1.165, 1.54) is 0 Å². The minimum Gasteiger partial charge on any atom is -0.493 e. The molecule has 0 atom stereocenters. The Hall–Kier alpha value is -0.830. The Labute approximate surface area is 86.0 Å². The molecule has 0 aliphatic heterocycles. The fourth-order valence-corrected chi connectivity index (χ4v) is 1.35. The van der Waals surface area contributed by atoms with Crippen molar-refractivity contribution in [2.75, 3.05) is 11.9 Å². The van der Waals surface area contributed by atoms with Crippen molar-refractivity contribution in [1.82, 2.24) is 0 Å². The summed E-state index contributed by atoms with van der Waals surface area (Å²) in [6.07, 6.45) is 0. The Bertz CT molecular complexity index is 297. The highest BCUT2D eigenvalue weighted by Crippen LogP contribution is 2.18. The number of carbonyl (C=O) groups excluding carboxylic acids is 1. The van der Waals surface area contributed by atoms with Gasteiger partial charge in [-0.25, -0.2) is 0 Å². The van der Waals surface area contributed by atoms with E-state index in [-0.39, 0.29) is 5.78 Å². The summed E-state index contributed by atoms with van der Waals surface area (Å²) in [5, 5.41) is 0.330. The Balaban J connectivity index is 2.97. The third-order valence-corrected chi connectivity index (χ3v) is 2.12. The van der Waals surface area contributed by atoms with E-state index in [1.807, 2.05) is 19.1 Å². The quantitative estimate of drug-likeness (QED) is 0.600. The van der Waals surface area contributed by atoms with E-state index in [1.54, 1.807) is 12.1 Å². The van der Waals surface area contributed by atoms with Crippen LogP contribution in [0.25, 0.3) is 0 Å². The Morgan fingerprint density at radius 1 is 1.46 bits per heavy atom. The molecule has 13 heavy (non-hydrogen) atoms. The molecule has 0 aliphatic rings. The predicted octanol–water partition coefficient (Wildman–Crippen LogP) is 2.66. The normalized spacial score (nSPS) is 9.69. The zero-order valence-electron chi connectivity index (χ0n) is 7.42. The first-order valence-electron chi connectivity index (χ1n) is 4.10. The van der Waals surface area contributed by atoms with Gasteiger partial charge in [0.05, 0.1) is 17.5 Å². The number of halogens is 1. The van der Waals surface area contributed by atoms with Crippen molar-refractivity contribution in [2.24, 2.45) is 0 Å². The number of Topliss-reactive ketones (excluding diaryl/α,β-unsaturated/α-hetero) is 1. The standard InChI is InChI=1S/C10H11BrO2/c1-2-13-10-6-4-3-5-8(10)9(12)7-11/h3-6H,2,7H2,1H3. The van der Waals surface area contributed by atoms with Crippen molar-refractivity contribution >= 4 is 21.7 Å². The first-order chi connectivity index (χ1) is 6.29. The molecule has 1 aromatic rings. The lowest BCUT2D eigenvalue weighted by Crippen LogP contribution is -2.04. The highest BCUT2D eigenvalue weighted by molar-refractivity contribution is 9.09. The van der Waals surface area contributed by atoms with Gasteiger partial charge in [0.15, 0.2) is 5.78 Å². The smallest absolute Gasteiger partial charge is 0.177 e. The minimum absolute atomic E-state index is 0.0454. The van der Waals surface area contributed by atoms with E-state index in [4.69, 9.17) is 4.74 Å². The molecule has 0 fully saturated rings. The van der Waals surface area contributed by atoms with Gasteiger partial charge in [-0.15, -0.1) is 0 Å². The first kappa shape index (κ1) is 10.3. The van der Waals surface area contributed by atoms with Crippen molar-refractivity contribution in [2.45, 2.75) is 6.92 Å². The molecule has 0 heterocycles. The monoisotopic (exact) mass is 242 g/mol. The zero-order valence-corrected chi connectivity index (χ0v) is 9.00. The highest BCUT2D eigenvalue weighted by Gasteiger charge is 2.09. The summed E-state index contributed by atoms with van der Waals surface area (Å²) in [5.74, 6) is 0.707. The maximum Gasteiger partial charge on any atom is 0.177 e. The molecule has 0 unspecified atom stereocenters. The van der Waals surface area contributed by atoms with E-state index in [0.717, 1.165) is 0 Å². The van der Waals surface area contributed by atoms with Gasteiger partial charge in [-0.3, -0.25) is 4.79 Å². The molecule has 3 heteroatoms. The van der Waals surface area contributed by atoms with Gasteiger partial charge in [-0.2, -0.15) is 0 Å². The summed E-state index contributed by atoms with van der Waals surface area (Å²) >= 11 is 3.13. The molecular formula is C10H11BrO2. The average Bonchev–Trinajstić information content (AvgIpc) is 2.18. The largest absolute Gasteiger partial charge is 0.493 e. The molecular weight excluding hydrogens is 232 g/mol. The van der Waals surface area contributed by atoms with E-state index < -0.39 is 0 Å². The van der Waals surface area contributed by atoms with Crippen LogP contribution in [-0.2, 0) is 0 Å². The number of ether oxygens (including phenoxy) is 1. The van der Waals surface area contributed by atoms with Gasteiger partial charge in [-0.1, -0.05) is 28.1 Å². The van der Waals surface area contributed by atoms with Crippen molar-refractivity contribution in [3.05, 3.63) is 29.8 Å². The number of carbonyl (C=O) groups is 1. The number of para-hydroxylation sites is 1. The predicted molar refractivity (Wildman–Crippen MR) is 55.7 cm³/mol. The number of rotatable bonds is 4. The van der Waals surface area contributed by atoms with Crippen LogP contribution in [0.15, 0.2) is 24.3 Å². The van der Waals surface area contributed by atoms with Gasteiger partial charge in [0.25, 0.3) is 0 Å². The summed E-state index contributed by atoms with van der Waals surface area (Å²) in [7, 11) is 0. The molecule has 0 saturated carbocycles. The Morgan fingerprint density at radius 2 is 2.15 bits per heavy atom. The van der Waals surface area contributed by atoms with Crippen LogP contribution >= 0.6 is 15.9 Å². The van der Waals surface area contributed by atoms with E-state index in [9.17, 15) is 4.79 Å². The van der Waals surface area contributed by atoms with Crippen molar-refractivity contribution in [1.29, 1.82) is 0 Å². The molecule has 0 amide bonds. The SMILES string of the molecule is CCOc1ccccc1C(=O)CBr. The minimum atomic E-state index is 0.0454. The van der Waals surface area contributed by atoms with Crippen LogP contribution in [-0.4, -0.2) is 17.7 Å². The van der Waals surface area contributed by atoms with Crippen LogP contribution in [0.3, 0.4) is 0 Å². The van der Waals surface area contributed by atoms with Crippen LogP contribution in [0.5, 0.6) is 5.75 Å². The van der Waals surface area contributed by atoms with E-state index >= 15 is 0 Å². The summed E-state index contributed by atoms with van der Waals surface area (Å²) < 4.78 is 5.32. The number of hydrogen-bond donors (Lipinski definition) is 0. The summed E-state index contributed by atoms with van der Waals surface area (Å²) in [6.45, 7) is 2.47. The topological polar surface area (TPSA) is 26.3 Å². The second-order valence-electron chi connectivity index (χ2n) is 2.49. The molecule has 0 aliphatic carbocycles. The second-order valence-corrected chi connectivity index (χ2v) is 3.05. The lowest BCUT2D eigenvalue weighted by atomic mass is 10.1. The van der Waals surface area contributed by atoms with Gasteiger partial charge < -0.3 is 4.74 Å². The molecule has 0 N–H and O–H groups in total. The van der Waals surface area contributed by atoms with Crippen LogP contribution in [0, 0.1) is 0 Å². The number of ketones is 1. The number of hydrogen-bond acceptors (Lipinski definition) is 2. The summed E-state index contributed by atoms with van der Waals surface area (Å²) in [4.78, 5) is 11.4. The van der Waals surface area contributed by atoms with Gasteiger partial charge >= 0.3 is 0 Å². The molecule has 0 bridgehead atoms. The van der Waals surface area contributed by atoms with Crippen LogP contribution in [0.2, 0.25) is 0 Å². The molecule has 1 rings (SSSR count). The van der Waals surface area contributed by atoms with Crippen LogP contribution in [0.1, 0.15) is 17.3 Å². The highest BCUT2D eigenvalue weighted by atomic mass is 79.9. The van der Waals surface area contributed by atoms with Gasteiger partial charge in [0.2, 0.25) is 0 Å². The molecule has 2 nitrogen and oxygen atoms in total. The van der Waals surface area contributed by atoms with Crippen molar-refractivity contribution in [3.63, 3.8) is 0 Å². The average molecular weight is 243 g/mol. The molecule has 70 valence electrons. The molecule has 0 saturated heterocycles. The van der Waals surface area contributed by atoms with Gasteiger partial charge in [-0.05, 0) is 19.1 Å². The molecule has 0 spiro atoms. The third-order valence-electron chi connectivity index (χ3n) is 1.61. The lowest BCUT2D eigenvalue weighted by Gasteiger charge is -2.07. The summed E-state index contributed by atoms with van der Waals surface area (Å²) in [6, 6.07) is 7.27. The fraction of sp³-hybridized carbons (Fsp3) is 0.300. The zero-order chi connectivity index (χ0) is 9.68. The summed E-state index contributed by atoms with van der Waals surface area (Å²) in [5.41, 5.74) is 0.640. The Morgan fingerprint density at radius 3 is 2.77 bits per heavy atom. The Kier molecular flexibility index (Phi) is 3.96. The lowest BCUT2D eigenvalue weighted by molar-refractivity contribution is 0.102. The van der Waals surface area contributed by atoms with Gasteiger partial charge in [0, 0.05) is 0 Å². The maximum atomic E-state index is 11.4. The van der Waals surface area contributed by atoms with Crippen molar-refractivity contribution in [3.8, 4) is 5.75 Å². The van der Waals surface area contributed by atoms with Crippen LogP contribution in [0.4, 0.5) is 0 Å².